The largest absolute Gasteiger partial charge is 0.469 e. The number of nitrogens with one attached hydrogen (secondary N) is 1. The standard InChI is InChI=1S/C13H18BrNO2/c1-4-10(13(16)17-3)8-15-11-6-5-9(2)12(14)7-11/h5-7,10,15H,4,8H2,1-3H3. The Morgan fingerprint density at radius 1 is 1.53 bits per heavy atom. The molecule has 1 aromatic rings. The number of aryl methyl sites for hydroxylation is 1. The van der Waals surface area contributed by atoms with E-state index in [9.17, 15) is 4.79 Å². The van der Waals surface area contributed by atoms with Gasteiger partial charge in [0, 0.05) is 16.7 Å². The first-order chi connectivity index (χ1) is 8.08. The molecule has 0 saturated heterocycles. The molecule has 1 aromatic carbocycles. The van der Waals surface area contributed by atoms with E-state index in [4.69, 9.17) is 4.74 Å². The molecular weight excluding hydrogens is 282 g/mol. The Kier molecular flexibility index (Phi) is 5.48. The van der Waals surface area contributed by atoms with Crippen LogP contribution in [0.4, 0.5) is 5.69 Å². The maximum absolute atomic E-state index is 11.4. The number of methoxy groups -OCH3 is 1. The minimum atomic E-state index is -0.161. The smallest absolute Gasteiger partial charge is 0.310 e. The van der Waals surface area contributed by atoms with Crippen molar-refractivity contribution < 1.29 is 9.53 Å². The second kappa shape index (κ2) is 6.64. The predicted octanol–water partition coefficient (Wildman–Crippen LogP) is 3.37. The number of carbonyl (C=O) groups excluding carboxylic acids is 1. The van der Waals surface area contributed by atoms with Gasteiger partial charge >= 0.3 is 5.97 Å². The highest BCUT2D eigenvalue weighted by atomic mass is 79.9. The molecule has 0 saturated carbocycles. The van der Waals surface area contributed by atoms with Gasteiger partial charge in [-0.3, -0.25) is 4.79 Å². The zero-order chi connectivity index (χ0) is 12.8. The fraction of sp³-hybridized carbons (Fsp3) is 0.462. The van der Waals surface area contributed by atoms with Crippen molar-refractivity contribution in [2.24, 2.45) is 5.92 Å². The second-order valence-corrected chi connectivity index (χ2v) is 4.83. The normalized spacial score (nSPS) is 12.0. The molecule has 0 aliphatic carbocycles. The Morgan fingerprint density at radius 3 is 2.76 bits per heavy atom. The van der Waals surface area contributed by atoms with E-state index in [-0.39, 0.29) is 11.9 Å². The molecule has 94 valence electrons. The van der Waals surface area contributed by atoms with Crippen molar-refractivity contribution in [3.63, 3.8) is 0 Å². The predicted molar refractivity (Wildman–Crippen MR) is 73.2 cm³/mol. The molecule has 0 aromatic heterocycles. The van der Waals surface area contributed by atoms with Crippen molar-refractivity contribution in [1.82, 2.24) is 0 Å². The molecule has 4 heteroatoms. The van der Waals surface area contributed by atoms with Crippen LogP contribution in [0, 0.1) is 12.8 Å². The summed E-state index contributed by atoms with van der Waals surface area (Å²) in [6.45, 7) is 4.62. The van der Waals surface area contributed by atoms with Crippen molar-refractivity contribution in [2.75, 3.05) is 19.0 Å². The van der Waals surface area contributed by atoms with E-state index in [2.05, 4.69) is 21.2 Å². The molecule has 0 aliphatic heterocycles. The summed E-state index contributed by atoms with van der Waals surface area (Å²) in [7, 11) is 1.42. The summed E-state index contributed by atoms with van der Waals surface area (Å²) in [5, 5.41) is 3.25. The highest BCUT2D eigenvalue weighted by molar-refractivity contribution is 9.10. The number of ether oxygens (including phenoxy) is 1. The van der Waals surface area contributed by atoms with Crippen LogP contribution in [0.15, 0.2) is 22.7 Å². The van der Waals surface area contributed by atoms with Crippen LogP contribution in [-0.4, -0.2) is 19.6 Å². The SMILES string of the molecule is CCC(CNc1ccc(C)c(Br)c1)C(=O)OC. The highest BCUT2D eigenvalue weighted by Crippen LogP contribution is 2.21. The van der Waals surface area contributed by atoms with Crippen LogP contribution < -0.4 is 5.32 Å². The minimum Gasteiger partial charge on any atom is -0.469 e. The lowest BCUT2D eigenvalue weighted by Gasteiger charge is -2.14. The summed E-state index contributed by atoms with van der Waals surface area (Å²) in [6.07, 6.45) is 0.771. The summed E-state index contributed by atoms with van der Waals surface area (Å²) in [6, 6.07) is 6.05. The van der Waals surface area contributed by atoms with Crippen molar-refractivity contribution >= 4 is 27.6 Å². The van der Waals surface area contributed by atoms with Gasteiger partial charge in [0.2, 0.25) is 0 Å². The van der Waals surface area contributed by atoms with Crippen LogP contribution in [0.3, 0.4) is 0 Å². The number of hydrogen-bond donors (Lipinski definition) is 1. The molecule has 1 atom stereocenters. The lowest BCUT2D eigenvalue weighted by molar-refractivity contribution is -0.145. The van der Waals surface area contributed by atoms with E-state index in [1.54, 1.807) is 0 Å². The molecule has 3 nitrogen and oxygen atoms in total. The maximum Gasteiger partial charge on any atom is 0.310 e. The quantitative estimate of drug-likeness (QED) is 0.847. The Balaban J connectivity index is 2.59. The van der Waals surface area contributed by atoms with Crippen LogP contribution in [0.5, 0.6) is 0 Å². The molecule has 1 rings (SSSR count). The van der Waals surface area contributed by atoms with Gasteiger partial charge in [0.05, 0.1) is 13.0 Å². The lowest BCUT2D eigenvalue weighted by atomic mass is 10.1. The van der Waals surface area contributed by atoms with E-state index in [0.29, 0.717) is 6.54 Å². The number of anilines is 1. The maximum atomic E-state index is 11.4. The van der Waals surface area contributed by atoms with Crippen LogP contribution in [0.1, 0.15) is 18.9 Å². The minimum absolute atomic E-state index is 0.0971. The molecule has 0 bridgehead atoms. The number of benzene rings is 1. The van der Waals surface area contributed by atoms with Gasteiger partial charge in [-0.1, -0.05) is 28.9 Å². The summed E-state index contributed by atoms with van der Waals surface area (Å²) in [4.78, 5) is 11.4. The van der Waals surface area contributed by atoms with Gasteiger partial charge in [-0.2, -0.15) is 0 Å². The Hall–Kier alpha value is -1.03. The van der Waals surface area contributed by atoms with Crippen molar-refractivity contribution in [2.45, 2.75) is 20.3 Å². The van der Waals surface area contributed by atoms with Crippen molar-refractivity contribution in [3.8, 4) is 0 Å². The lowest BCUT2D eigenvalue weighted by Crippen LogP contribution is -2.23. The molecular formula is C13H18BrNO2. The average molecular weight is 300 g/mol. The molecule has 0 radical (unpaired) electrons. The van der Waals surface area contributed by atoms with Gasteiger partial charge < -0.3 is 10.1 Å². The summed E-state index contributed by atoms with van der Waals surface area (Å²) in [5.41, 5.74) is 2.19. The molecule has 1 unspecified atom stereocenters. The van der Waals surface area contributed by atoms with E-state index < -0.39 is 0 Å². The van der Waals surface area contributed by atoms with Gasteiger partial charge in [-0.25, -0.2) is 0 Å². The number of halogens is 1. The first-order valence-electron chi connectivity index (χ1n) is 5.66. The van der Waals surface area contributed by atoms with Gasteiger partial charge in [0.25, 0.3) is 0 Å². The summed E-state index contributed by atoms with van der Waals surface area (Å²) in [5.74, 6) is -0.258. The molecule has 0 aliphatic rings. The number of rotatable bonds is 5. The third-order valence-corrected chi connectivity index (χ3v) is 3.61. The fourth-order valence-corrected chi connectivity index (χ4v) is 1.88. The molecule has 0 spiro atoms. The topological polar surface area (TPSA) is 38.3 Å². The number of hydrogen-bond acceptors (Lipinski definition) is 3. The second-order valence-electron chi connectivity index (χ2n) is 3.97. The molecule has 0 fully saturated rings. The van der Waals surface area contributed by atoms with E-state index in [1.165, 1.54) is 12.7 Å². The van der Waals surface area contributed by atoms with Crippen LogP contribution in [0.25, 0.3) is 0 Å². The van der Waals surface area contributed by atoms with Crippen LogP contribution in [-0.2, 0) is 9.53 Å². The Labute approximate surface area is 111 Å². The zero-order valence-electron chi connectivity index (χ0n) is 10.4. The summed E-state index contributed by atoms with van der Waals surface area (Å²) < 4.78 is 5.81. The van der Waals surface area contributed by atoms with Crippen molar-refractivity contribution in [1.29, 1.82) is 0 Å². The third-order valence-electron chi connectivity index (χ3n) is 2.75. The third kappa shape index (κ3) is 4.04. The van der Waals surface area contributed by atoms with Gasteiger partial charge in [-0.05, 0) is 31.0 Å². The molecule has 1 N–H and O–H groups in total. The summed E-state index contributed by atoms with van der Waals surface area (Å²) >= 11 is 3.48. The molecule has 17 heavy (non-hydrogen) atoms. The van der Waals surface area contributed by atoms with E-state index in [1.807, 2.05) is 32.0 Å². The first kappa shape index (κ1) is 14.0. The Bertz CT molecular complexity index is 393. The van der Waals surface area contributed by atoms with Gasteiger partial charge in [0.1, 0.15) is 0 Å². The van der Waals surface area contributed by atoms with E-state index in [0.717, 1.165) is 16.6 Å². The average Bonchev–Trinajstić information content (AvgIpc) is 2.33. The van der Waals surface area contributed by atoms with Crippen LogP contribution >= 0.6 is 15.9 Å². The first-order valence-corrected chi connectivity index (χ1v) is 6.45. The fourth-order valence-electron chi connectivity index (χ4n) is 1.50. The van der Waals surface area contributed by atoms with E-state index >= 15 is 0 Å². The highest BCUT2D eigenvalue weighted by Gasteiger charge is 2.16. The van der Waals surface area contributed by atoms with Gasteiger partial charge in [0.15, 0.2) is 0 Å². The van der Waals surface area contributed by atoms with Gasteiger partial charge in [-0.15, -0.1) is 0 Å². The number of esters is 1. The monoisotopic (exact) mass is 299 g/mol. The molecule has 0 heterocycles. The van der Waals surface area contributed by atoms with Crippen molar-refractivity contribution in [3.05, 3.63) is 28.2 Å². The molecule has 0 amide bonds. The zero-order valence-corrected chi connectivity index (χ0v) is 12.0. The Morgan fingerprint density at radius 2 is 2.24 bits per heavy atom. The number of carbonyl (C=O) groups is 1. The van der Waals surface area contributed by atoms with Crippen LogP contribution in [0.2, 0.25) is 0 Å².